The Balaban J connectivity index is 2.17. The molecule has 2 aromatic rings. The van der Waals surface area contributed by atoms with Crippen molar-refractivity contribution in [2.24, 2.45) is 0 Å². The normalized spacial score (nSPS) is 14.0. The lowest BCUT2D eigenvalue weighted by Crippen LogP contribution is -2.46. The Hall–Kier alpha value is -2.28. The van der Waals surface area contributed by atoms with Crippen molar-refractivity contribution in [3.8, 4) is 0 Å². The van der Waals surface area contributed by atoms with Crippen molar-refractivity contribution < 1.29 is 0 Å². The van der Waals surface area contributed by atoms with Crippen molar-refractivity contribution in [1.29, 1.82) is 0 Å². The summed E-state index contributed by atoms with van der Waals surface area (Å²) < 4.78 is 0. The molecule has 0 N–H and O–H groups in total. The Kier molecular flexibility index (Phi) is 4.66. The summed E-state index contributed by atoms with van der Waals surface area (Å²) in [4.78, 5) is 0. The summed E-state index contributed by atoms with van der Waals surface area (Å²) in [6.45, 7) is 6.98. The third-order valence-electron chi connectivity index (χ3n) is 4.65. The summed E-state index contributed by atoms with van der Waals surface area (Å²) in [5, 5.41) is 0. The highest BCUT2D eigenvalue weighted by atomic mass is 14.1. The molecular formula is C22H23B. The van der Waals surface area contributed by atoms with Crippen LogP contribution in [0.3, 0.4) is 0 Å². The predicted molar refractivity (Wildman–Crippen MR) is 103 cm³/mol. The second-order valence-electron chi connectivity index (χ2n) is 6.46. The molecule has 0 radical (unpaired) electrons. The van der Waals surface area contributed by atoms with Crippen molar-refractivity contribution in [2.75, 3.05) is 0 Å². The van der Waals surface area contributed by atoms with Gasteiger partial charge in [-0.25, -0.2) is 0 Å². The highest BCUT2D eigenvalue weighted by Crippen LogP contribution is 2.19. The van der Waals surface area contributed by atoms with Gasteiger partial charge in [0.15, 0.2) is 0 Å². The van der Waals surface area contributed by atoms with Crippen LogP contribution >= 0.6 is 0 Å². The molecule has 0 saturated carbocycles. The average Bonchev–Trinajstić information content (AvgIpc) is 2.76. The summed E-state index contributed by atoms with van der Waals surface area (Å²) in [5.41, 5.74) is 8.42. The highest BCUT2D eigenvalue weighted by Gasteiger charge is 2.26. The molecule has 0 saturated heterocycles. The SMILES string of the molecule is CC1=CC=CC=C(B(c2ccccc2C)c2ccccc2C)C1. The Labute approximate surface area is 140 Å². The number of rotatable bonds is 3. The first-order valence-electron chi connectivity index (χ1n) is 8.31. The molecule has 1 heteroatoms. The molecule has 0 atom stereocenters. The van der Waals surface area contributed by atoms with Crippen LogP contribution in [0.4, 0.5) is 0 Å². The second-order valence-corrected chi connectivity index (χ2v) is 6.46. The van der Waals surface area contributed by atoms with E-state index in [1.165, 1.54) is 33.1 Å². The minimum Gasteiger partial charge on any atom is -0.0867 e. The zero-order valence-corrected chi connectivity index (χ0v) is 14.2. The Morgan fingerprint density at radius 1 is 0.696 bits per heavy atom. The summed E-state index contributed by atoms with van der Waals surface area (Å²) in [6.07, 6.45) is 9.87. The van der Waals surface area contributed by atoms with Crippen molar-refractivity contribution >= 4 is 17.6 Å². The number of allylic oxidation sites excluding steroid dienone is 6. The van der Waals surface area contributed by atoms with Gasteiger partial charge in [0.05, 0.1) is 0 Å². The van der Waals surface area contributed by atoms with Crippen LogP contribution in [0.1, 0.15) is 24.5 Å². The van der Waals surface area contributed by atoms with E-state index in [-0.39, 0.29) is 0 Å². The van der Waals surface area contributed by atoms with E-state index in [0.29, 0.717) is 6.71 Å². The minimum absolute atomic E-state index is 0.323. The van der Waals surface area contributed by atoms with E-state index in [0.717, 1.165) is 6.42 Å². The van der Waals surface area contributed by atoms with Gasteiger partial charge >= 0.3 is 0 Å². The molecule has 0 fully saturated rings. The molecular weight excluding hydrogens is 275 g/mol. The van der Waals surface area contributed by atoms with Crippen LogP contribution < -0.4 is 10.9 Å². The first kappa shape index (κ1) is 15.6. The molecule has 3 rings (SSSR count). The van der Waals surface area contributed by atoms with Gasteiger partial charge in [0.25, 0.3) is 0 Å². The fourth-order valence-electron chi connectivity index (χ4n) is 3.43. The molecule has 0 aromatic heterocycles. The monoisotopic (exact) mass is 298 g/mol. The number of benzene rings is 2. The van der Waals surface area contributed by atoms with Gasteiger partial charge in [0.1, 0.15) is 0 Å². The van der Waals surface area contributed by atoms with Crippen LogP contribution in [-0.2, 0) is 0 Å². The fraction of sp³-hybridized carbons (Fsp3) is 0.182. The van der Waals surface area contributed by atoms with Gasteiger partial charge in [0, 0.05) is 0 Å². The zero-order valence-electron chi connectivity index (χ0n) is 14.2. The number of aryl methyl sites for hydroxylation is 2. The first-order valence-corrected chi connectivity index (χ1v) is 8.31. The molecule has 2 aromatic carbocycles. The van der Waals surface area contributed by atoms with Crippen LogP contribution in [-0.4, -0.2) is 6.71 Å². The summed E-state index contributed by atoms with van der Waals surface area (Å²) in [7, 11) is 0. The van der Waals surface area contributed by atoms with Crippen LogP contribution in [0.15, 0.2) is 83.9 Å². The van der Waals surface area contributed by atoms with Crippen LogP contribution in [0.2, 0.25) is 0 Å². The van der Waals surface area contributed by atoms with Crippen molar-refractivity contribution in [2.45, 2.75) is 27.2 Å². The van der Waals surface area contributed by atoms with Crippen LogP contribution in [0, 0.1) is 13.8 Å². The molecule has 0 aliphatic heterocycles. The largest absolute Gasteiger partial charge is 0.238 e. The van der Waals surface area contributed by atoms with Gasteiger partial charge in [-0.2, -0.15) is 0 Å². The van der Waals surface area contributed by atoms with E-state index < -0.39 is 0 Å². The molecule has 0 spiro atoms. The molecule has 1 aliphatic rings. The summed E-state index contributed by atoms with van der Waals surface area (Å²) >= 11 is 0. The Morgan fingerprint density at radius 3 is 1.78 bits per heavy atom. The molecule has 114 valence electrons. The third-order valence-corrected chi connectivity index (χ3v) is 4.65. The predicted octanol–water partition coefficient (Wildman–Crippen LogP) is 4.28. The molecule has 23 heavy (non-hydrogen) atoms. The van der Waals surface area contributed by atoms with Crippen molar-refractivity contribution in [3.05, 3.63) is 95.0 Å². The van der Waals surface area contributed by atoms with Gasteiger partial charge in [0.2, 0.25) is 6.71 Å². The van der Waals surface area contributed by atoms with Crippen molar-refractivity contribution in [1.82, 2.24) is 0 Å². The van der Waals surface area contributed by atoms with Crippen LogP contribution in [0.25, 0.3) is 0 Å². The average molecular weight is 298 g/mol. The van der Waals surface area contributed by atoms with E-state index in [2.05, 4.69) is 93.6 Å². The maximum Gasteiger partial charge on any atom is 0.238 e. The lowest BCUT2D eigenvalue weighted by Gasteiger charge is -2.22. The Bertz CT molecular complexity index is 748. The second kappa shape index (κ2) is 6.87. The topological polar surface area (TPSA) is 0 Å². The molecule has 1 aliphatic carbocycles. The molecule has 0 amide bonds. The van der Waals surface area contributed by atoms with E-state index in [1.807, 2.05) is 0 Å². The summed E-state index contributed by atoms with van der Waals surface area (Å²) in [6, 6.07) is 17.6. The minimum atomic E-state index is 0.323. The lowest BCUT2D eigenvalue weighted by molar-refractivity contribution is 1.19. The number of hydrogen-bond donors (Lipinski definition) is 0. The van der Waals surface area contributed by atoms with E-state index >= 15 is 0 Å². The molecule has 0 unspecified atom stereocenters. The van der Waals surface area contributed by atoms with Gasteiger partial charge in [-0.05, 0) is 27.2 Å². The summed E-state index contributed by atoms with van der Waals surface area (Å²) in [5.74, 6) is 0. The van der Waals surface area contributed by atoms with Gasteiger partial charge in [-0.1, -0.05) is 106 Å². The van der Waals surface area contributed by atoms with E-state index in [1.54, 1.807) is 0 Å². The quantitative estimate of drug-likeness (QED) is 0.742. The third kappa shape index (κ3) is 3.39. The van der Waals surface area contributed by atoms with Crippen molar-refractivity contribution in [3.63, 3.8) is 0 Å². The fourth-order valence-corrected chi connectivity index (χ4v) is 3.43. The first-order chi connectivity index (χ1) is 11.2. The molecule has 0 bridgehead atoms. The molecule has 0 nitrogen and oxygen atoms in total. The maximum atomic E-state index is 2.30. The highest BCUT2D eigenvalue weighted by molar-refractivity contribution is 6.91. The maximum absolute atomic E-state index is 2.30. The lowest BCUT2D eigenvalue weighted by atomic mass is 9.34. The van der Waals surface area contributed by atoms with Crippen LogP contribution in [0.5, 0.6) is 0 Å². The number of hydrogen-bond acceptors (Lipinski definition) is 0. The molecule has 0 heterocycles. The van der Waals surface area contributed by atoms with Gasteiger partial charge in [-0.15, -0.1) is 0 Å². The standard InChI is InChI=1S/C22H23B/c1-17-10-4-7-13-20(16-17)23(21-14-8-5-11-18(21)2)22-15-9-6-12-19(22)3/h4-15H,16H2,1-3H3. The Morgan fingerprint density at radius 2 is 1.22 bits per heavy atom. The van der Waals surface area contributed by atoms with E-state index in [4.69, 9.17) is 0 Å². The zero-order chi connectivity index (χ0) is 16.2. The van der Waals surface area contributed by atoms with Gasteiger partial charge in [-0.3, -0.25) is 0 Å². The van der Waals surface area contributed by atoms with E-state index in [9.17, 15) is 0 Å². The smallest absolute Gasteiger partial charge is 0.0867 e. The van der Waals surface area contributed by atoms with Gasteiger partial charge < -0.3 is 0 Å².